The van der Waals surface area contributed by atoms with Gasteiger partial charge in [-0.2, -0.15) is 0 Å². The first kappa shape index (κ1) is 15.5. The Hall–Kier alpha value is -1.07. The molecule has 2 aliphatic carbocycles. The minimum atomic E-state index is -0.178. The van der Waals surface area contributed by atoms with E-state index < -0.39 is 0 Å². The summed E-state index contributed by atoms with van der Waals surface area (Å²) in [5, 5.41) is 12.9. The highest BCUT2D eigenvalue weighted by molar-refractivity contribution is 8.01. The standard InChI is InChI=1S/C18H24N2O2S/c21-13-6-4-12(5-7-13)20-17(22)14-11-23-18-9-2-1-3-16(18)19-10-8-15(14)18/h1-2,8,10,12-15,21H,3-7,9,11H2,(H,20,22)/t12?,13?,14?,15-,18-/m1/s1. The largest absolute Gasteiger partial charge is 0.393 e. The van der Waals surface area contributed by atoms with Crippen molar-refractivity contribution >= 4 is 23.4 Å². The molecule has 23 heavy (non-hydrogen) atoms. The number of aliphatic imine (C=N–C) groups is 1. The Bertz CT molecular complexity index is 578. The quantitative estimate of drug-likeness (QED) is 0.764. The van der Waals surface area contributed by atoms with Gasteiger partial charge in [0.2, 0.25) is 5.91 Å². The van der Waals surface area contributed by atoms with Crippen LogP contribution in [0, 0.1) is 11.8 Å². The lowest BCUT2D eigenvalue weighted by Crippen LogP contribution is -2.48. The fraction of sp³-hybridized carbons (Fsp3) is 0.667. The molecule has 2 heterocycles. The predicted molar refractivity (Wildman–Crippen MR) is 93.5 cm³/mol. The molecule has 1 saturated carbocycles. The van der Waals surface area contributed by atoms with Crippen LogP contribution in [0.25, 0.3) is 0 Å². The summed E-state index contributed by atoms with van der Waals surface area (Å²) in [6, 6.07) is 0.236. The summed E-state index contributed by atoms with van der Waals surface area (Å²) in [5.74, 6) is 1.38. The molecule has 0 bridgehead atoms. The van der Waals surface area contributed by atoms with E-state index in [1.165, 1.54) is 5.71 Å². The maximum absolute atomic E-state index is 12.8. The number of thioether (sulfide) groups is 1. The van der Waals surface area contributed by atoms with Gasteiger partial charge in [0.15, 0.2) is 0 Å². The molecule has 1 spiro atoms. The number of nitrogens with zero attached hydrogens (tertiary/aromatic N) is 1. The number of aliphatic hydroxyl groups is 1. The molecule has 3 atom stereocenters. The molecule has 4 nitrogen and oxygen atoms in total. The van der Waals surface area contributed by atoms with Crippen LogP contribution in [0.3, 0.4) is 0 Å². The number of allylic oxidation sites excluding steroid dienone is 3. The zero-order valence-corrected chi connectivity index (χ0v) is 14.1. The average molecular weight is 332 g/mol. The molecule has 1 amide bonds. The summed E-state index contributed by atoms with van der Waals surface area (Å²) in [6.07, 6.45) is 13.6. The highest BCUT2D eigenvalue weighted by Gasteiger charge is 2.54. The van der Waals surface area contributed by atoms with Crippen molar-refractivity contribution in [1.82, 2.24) is 5.32 Å². The molecule has 1 unspecified atom stereocenters. The molecule has 0 aromatic rings. The van der Waals surface area contributed by atoms with Crippen molar-refractivity contribution in [2.75, 3.05) is 5.75 Å². The topological polar surface area (TPSA) is 61.7 Å². The predicted octanol–water partition coefficient (Wildman–Crippen LogP) is 2.44. The third kappa shape index (κ3) is 2.68. The molecule has 0 radical (unpaired) electrons. The zero-order valence-electron chi connectivity index (χ0n) is 13.3. The summed E-state index contributed by atoms with van der Waals surface area (Å²) < 4.78 is 0.0221. The maximum Gasteiger partial charge on any atom is 0.224 e. The van der Waals surface area contributed by atoms with Crippen molar-refractivity contribution in [3.8, 4) is 0 Å². The Balaban J connectivity index is 1.46. The van der Waals surface area contributed by atoms with Gasteiger partial charge in [0.1, 0.15) is 0 Å². The second-order valence-corrected chi connectivity index (χ2v) is 8.49. The van der Waals surface area contributed by atoms with Crippen LogP contribution < -0.4 is 5.32 Å². The molecular formula is C18H24N2O2S. The second-order valence-electron chi connectivity index (χ2n) is 7.14. The van der Waals surface area contributed by atoms with Crippen LogP contribution >= 0.6 is 11.8 Å². The van der Waals surface area contributed by atoms with E-state index in [0.29, 0.717) is 0 Å². The number of aliphatic hydroxyl groups excluding tert-OH is 1. The van der Waals surface area contributed by atoms with Crippen molar-refractivity contribution in [3.05, 3.63) is 24.4 Å². The summed E-state index contributed by atoms with van der Waals surface area (Å²) in [4.78, 5) is 17.4. The monoisotopic (exact) mass is 332 g/mol. The van der Waals surface area contributed by atoms with Crippen LogP contribution in [0.4, 0.5) is 0 Å². The number of amides is 1. The molecule has 2 aliphatic heterocycles. The van der Waals surface area contributed by atoms with E-state index in [1.54, 1.807) is 0 Å². The number of hydrogen-bond acceptors (Lipinski definition) is 4. The van der Waals surface area contributed by atoms with Gasteiger partial charge in [0.05, 0.1) is 16.8 Å². The fourth-order valence-corrected chi connectivity index (χ4v) is 6.21. The lowest BCUT2D eigenvalue weighted by Gasteiger charge is -2.39. The van der Waals surface area contributed by atoms with Crippen LogP contribution in [0.15, 0.2) is 29.4 Å². The maximum atomic E-state index is 12.8. The van der Waals surface area contributed by atoms with E-state index in [9.17, 15) is 9.90 Å². The van der Waals surface area contributed by atoms with Crippen molar-refractivity contribution < 1.29 is 9.90 Å². The van der Waals surface area contributed by atoms with Gasteiger partial charge in [-0.25, -0.2) is 0 Å². The third-order valence-corrected chi connectivity index (χ3v) is 7.50. The van der Waals surface area contributed by atoms with Gasteiger partial charge in [-0.1, -0.05) is 18.2 Å². The van der Waals surface area contributed by atoms with Crippen molar-refractivity contribution in [2.45, 2.75) is 55.4 Å². The number of rotatable bonds is 2. The minimum Gasteiger partial charge on any atom is -0.393 e. The lowest BCUT2D eigenvalue weighted by atomic mass is 9.73. The van der Waals surface area contributed by atoms with Crippen LogP contribution in [0.2, 0.25) is 0 Å². The van der Waals surface area contributed by atoms with E-state index in [2.05, 4.69) is 28.5 Å². The second kappa shape index (κ2) is 6.10. The van der Waals surface area contributed by atoms with Crippen LogP contribution in [-0.4, -0.2) is 39.4 Å². The van der Waals surface area contributed by atoms with E-state index in [1.807, 2.05) is 18.0 Å². The highest BCUT2D eigenvalue weighted by Crippen LogP contribution is 2.53. The zero-order chi connectivity index (χ0) is 15.9. The Morgan fingerprint density at radius 1 is 1.30 bits per heavy atom. The molecule has 4 rings (SSSR count). The van der Waals surface area contributed by atoms with Crippen molar-refractivity contribution in [1.29, 1.82) is 0 Å². The van der Waals surface area contributed by atoms with E-state index in [0.717, 1.165) is 44.3 Å². The minimum absolute atomic E-state index is 0.0221. The van der Waals surface area contributed by atoms with Crippen LogP contribution in [0.1, 0.15) is 38.5 Å². The molecular weight excluding hydrogens is 308 g/mol. The molecule has 2 N–H and O–H groups in total. The first-order valence-electron chi connectivity index (χ1n) is 8.70. The summed E-state index contributed by atoms with van der Waals surface area (Å²) in [6.45, 7) is 0. The molecule has 2 fully saturated rings. The van der Waals surface area contributed by atoms with E-state index in [4.69, 9.17) is 0 Å². The Labute approximate surface area is 141 Å². The van der Waals surface area contributed by atoms with Gasteiger partial charge in [-0.05, 0) is 32.1 Å². The summed E-state index contributed by atoms with van der Waals surface area (Å²) in [7, 11) is 0. The molecule has 1 saturated heterocycles. The number of nitrogens with one attached hydrogen (secondary N) is 1. The van der Waals surface area contributed by atoms with Gasteiger partial charge in [0.25, 0.3) is 0 Å². The lowest BCUT2D eigenvalue weighted by molar-refractivity contribution is -0.126. The molecule has 4 aliphatic rings. The summed E-state index contributed by atoms with van der Waals surface area (Å²) >= 11 is 1.92. The van der Waals surface area contributed by atoms with Crippen molar-refractivity contribution in [2.24, 2.45) is 16.8 Å². The first-order valence-corrected chi connectivity index (χ1v) is 9.69. The van der Waals surface area contributed by atoms with Gasteiger partial charge >= 0.3 is 0 Å². The van der Waals surface area contributed by atoms with Crippen molar-refractivity contribution in [3.63, 3.8) is 0 Å². The molecule has 124 valence electrons. The SMILES string of the molecule is O=C(NC1CCC(O)CC1)C1CS[C@@]23CC=CCC2=NC=C[C@H]13. The van der Waals surface area contributed by atoms with E-state index >= 15 is 0 Å². The highest BCUT2D eigenvalue weighted by atomic mass is 32.2. The Kier molecular flexibility index (Phi) is 4.10. The van der Waals surface area contributed by atoms with Gasteiger partial charge < -0.3 is 10.4 Å². The first-order chi connectivity index (χ1) is 11.2. The third-order valence-electron chi connectivity index (χ3n) is 5.78. The number of carbonyl (C=O) groups is 1. The summed E-state index contributed by atoms with van der Waals surface area (Å²) in [5.41, 5.74) is 1.24. The Morgan fingerprint density at radius 3 is 2.96 bits per heavy atom. The normalized spacial score (nSPS) is 41.9. The van der Waals surface area contributed by atoms with Gasteiger partial charge in [0, 0.05) is 36.0 Å². The molecule has 0 aromatic heterocycles. The molecule has 0 aromatic carbocycles. The average Bonchev–Trinajstić information content (AvgIpc) is 2.95. The number of carbonyl (C=O) groups excluding carboxylic acids is 1. The van der Waals surface area contributed by atoms with Gasteiger partial charge in [-0.15, -0.1) is 11.8 Å². The number of hydrogen-bond donors (Lipinski definition) is 2. The van der Waals surface area contributed by atoms with Crippen LogP contribution in [-0.2, 0) is 4.79 Å². The Morgan fingerprint density at radius 2 is 2.13 bits per heavy atom. The molecule has 5 heteroatoms. The van der Waals surface area contributed by atoms with Gasteiger partial charge in [-0.3, -0.25) is 9.79 Å². The fourth-order valence-electron chi connectivity index (χ4n) is 4.42. The van der Waals surface area contributed by atoms with Crippen LogP contribution in [0.5, 0.6) is 0 Å². The van der Waals surface area contributed by atoms with E-state index in [-0.39, 0.29) is 34.6 Å². The smallest absolute Gasteiger partial charge is 0.224 e.